The second-order valence-corrected chi connectivity index (χ2v) is 5.20. The molecule has 0 saturated heterocycles. The summed E-state index contributed by atoms with van der Waals surface area (Å²) in [6.45, 7) is 1.71. The number of methoxy groups -OCH3 is 1. The Balaban J connectivity index is 0.00000161. The molecule has 1 aliphatic carbocycles. The van der Waals surface area contributed by atoms with Gasteiger partial charge in [-0.15, -0.1) is 12.4 Å². The van der Waals surface area contributed by atoms with Crippen LogP contribution in [0.5, 0.6) is 5.75 Å². The third-order valence-corrected chi connectivity index (χ3v) is 3.44. The first kappa shape index (κ1) is 15.8. The van der Waals surface area contributed by atoms with E-state index >= 15 is 0 Å². The Bertz CT molecular complexity index is 552. The highest BCUT2D eigenvalue weighted by Gasteiger charge is 2.20. The summed E-state index contributed by atoms with van der Waals surface area (Å²) in [6, 6.07) is 7.90. The summed E-state index contributed by atoms with van der Waals surface area (Å²) in [5.41, 5.74) is 1.14. The minimum absolute atomic E-state index is 0. The summed E-state index contributed by atoms with van der Waals surface area (Å²) in [5, 5.41) is 7.35. The van der Waals surface area contributed by atoms with E-state index in [0.29, 0.717) is 18.9 Å². The van der Waals surface area contributed by atoms with Crippen molar-refractivity contribution >= 4 is 12.4 Å². The van der Waals surface area contributed by atoms with Gasteiger partial charge in [0.1, 0.15) is 5.75 Å². The zero-order valence-corrected chi connectivity index (χ0v) is 12.9. The fourth-order valence-electron chi connectivity index (χ4n) is 2.06. The Hall–Kier alpha value is -1.59. The third kappa shape index (κ3) is 4.72. The maximum Gasteiger partial charge on any atom is 0.240 e. The first-order chi connectivity index (χ1) is 9.83. The van der Waals surface area contributed by atoms with Crippen molar-refractivity contribution in [3.8, 4) is 5.75 Å². The monoisotopic (exact) mass is 309 g/mol. The molecule has 0 unspecified atom stereocenters. The van der Waals surface area contributed by atoms with Crippen LogP contribution in [0.25, 0.3) is 0 Å². The Morgan fingerprint density at radius 1 is 1.29 bits per heavy atom. The molecule has 21 heavy (non-hydrogen) atoms. The molecule has 1 heterocycles. The number of halogens is 1. The number of hydrogen-bond acceptors (Lipinski definition) is 5. The lowest BCUT2D eigenvalue weighted by atomic mass is 10.1. The summed E-state index contributed by atoms with van der Waals surface area (Å²) in [6.07, 6.45) is 3.37. The van der Waals surface area contributed by atoms with Crippen LogP contribution in [-0.2, 0) is 13.0 Å². The summed E-state index contributed by atoms with van der Waals surface area (Å²) in [7, 11) is 1.66. The van der Waals surface area contributed by atoms with Crippen molar-refractivity contribution in [3.63, 3.8) is 0 Å². The highest BCUT2D eigenvalue weighted by Crippen LogP contribution is 2.27. The molecule has 0 amide bonds. The maximum atomic E-state index is 5.24. The van der Waals surface area contributed by atoms with E-state index in [9.17, 15) is 0 Å². The minimum Gasteiger partial charge on any atom is -0.497 e. The normalized spacial score (nSPS) is 13.8. The van der Waals surface area contributed by atoms with Crippen molar-refractivity contribution in [2.75, 3.05) is 13.7 Å². The van der Waals surface area contributed by atoms with E-state index in [-0.39, 0.29) is 12.4 Å². The molecule has 3 rings (SSSR count). The molecule has 1 fully saturated rings. The molecule has 1 aliphatic rings. The van der Waals surface area contributed by atoms with Crippen LogP contribution in [0.2, 0.25) is 0 Å². The predicted molar refractivity (Wildman–Crippen MR) is 81.8 cm³/mol. The lowest BCUT2D eigenvalue weighted by Gasteiger charge is -2.00. The highest BCUT2D eigenvalue weighted by atomic mass is 35.5. The quantitative estimate of drug-likeness (QED) is 0.852. The van der Waals surface area contributed by atoms with Crippen LogP contribution in [0, 0.1) is 5.92 Å². The average Bonchev–Trinajstić information content (AvgIpc) is 3.19. The van der Waals surface area contributed by atoms with Crippen molar-refractivity contribution in [1.29, 1.82) is 0 Å². The van der Waals surface area contributed by atoms with E-state index in [0.717, 1.165) is 29.6 Å². The predicted octanol–water partition coefficient (Wildman–Crippen LogP) is 2.59. The summed E-state index contributed by atoms with van der Waals surface area (Å²) < 4.78 is 10.4. The SMILES string of the molecule is COc1ccc(Cc2noc(CNCC3CC3)n2)cc1.Cl. The van der Waals surface area contributed by atoms with Gasteiger partial charge in [0, 0.05) is 6.42 Å². The van der Waals surface area contributed by atoms with E-state index in [1.54, 1.807) is 7.11 Å². The van der Waals surface area contributed by atoms with Gasteiger partial charge in [-0.3, -0.25) is 0 Å². The molecule has 1 aromatic carbocycles. The molecule has 114 valence electrons. The van der Waals surface area contributed by atoms with Crippen LogP contribution in [0.15, 0.2) is 28.8 Å². The number of nitrogens with zero attached hydrogens (tertiary/aromatic N) is 2. The number of ether oxygens (including phenoxy) is 1. The van der Waals surface area contributed by atoms with Crippen LogP contribution in [0.3, 0.4) is 0 Å². The number of rotatable bonds is 7. The molecular formula is C15H20ClN3O2. The van der Waals surface area contributed by atoms with Gasteiger partial charge in [-0.05, 0) is 43.0 Å². The molecule has 0 aliphatic heterocycles. The molecule has 1 saturated carbocycles. The molecule has 0 radical (unpaired) electrons. The van der Waals surface area contributed by atoms with Crippen molar-refractivity contribution in [2.45, 2.75) is 25.8 Å². The Morgan fingerprint density at radius 3 is 2.71 bits per heavy atom. The van der Waals surface area contributed by atoms with Gasteiger partial charge in [0.15, 0.2) is 5.82 Å². The molecule has 1 N–H and O–H groups in total. The molecular weight excluding hydrogens is 290 g/mol. The molecule has 2 aromatic rings. The number of nitrogens with one attached hydrogen (secondary N) is 1. The standard InChI is InChI=1S/C15H19N3O2.ClH/c1-19-13-6-4-11(5-7-13)8-14-17-15(20-18-14)10-16-9-12-2-3-12;/h4-7,12,16H,2-3,8-10H2,1H3;1H. The Labute approximate surface area is 130 Å². The zero-order valence-electron chi connectivity index (χ0n) is 12.0. The number of benzene rings is 1. The van der Waals surface area contributed by atoms with Crippen molar-refractivity contribution in [3.05, 3.63) is 41.5 Å². The summed E-state index contributed by atoms with van der Waals surface area (Å²) in [4.78, 5) is 4.39. The first-order valence-electron chi connectivity index (χ1n) is 6.98. The van der Waals surface area contributed by atoms with E-state index in [4.69, 9.17) is 9.26 Å². The highest BCUT2D eigenvalue weighted by molar-refractivity contribution is 5.85. The Morgan fingerprint density at radius 2 is 2.05 bits per heavy atom. The van der Waals surface area contributed by atoms with E-state index in [2.05, 4.69) is 15.5 Å². The van der Waals surface area contributed by atoms with Gasteiger partial charge in [0.2, 0.25) is 5.89 Å². The zero-order chi connectivity index (χ0) is 13.8. The van der Waals surface area contributed by atoms with Crippen LogP contribution >= 0.6 is 12.4 Å². The van der Waals surface area contributed by atoms with Crippen molar-refractivity contribution < 1.29 is 9.26 Å². The largest absolute Gasteiger partial charge is 0.497 e. The fraction of sp³-hybridized carbons (Fsp3) is 0.467. The van der Waals surface area contributed by atoms with Gasteiger partial charge in [0.05, 0.1) is 13.7 Å². The second kappa shape index (κ2) is 7.43. The molecule has 1 aromatic heterocycles. The van der Waals surface area contributed by atoms with Crippen LogP contribution in [0.1, 0.15) is 30.1 Å². The fourth-order valence-corrected chi connectivity index (χ4v) is 2.06. The lowest BCUT2D eigenvalue weighted by Crippen LogP contribution is -2.16. The lowest BCUT2D eigenvalue weighted by molar-refractivity contribution is 0.362. The van der Waals surface area contributed by atoms with Gasteiger partial charge in [-0.1, -0.05) is 17.3 Å². The van der Waals surface area contributed by atoms with Crippen LogP contribution in [0.4, 0.5) is 0 Å². The second-order valence-electron chi connectivity index (χ2n) is 5.20. The van der Waals surface area contributed by atoms with Crippen LogP contribution in [-0.4, -0.2) is 23.8 Å². The van der Waals surface area contributed by atoms with Gasteiger partial charge in [-0.25, -0.2) is 0 Å². The summed E-state index contributed by atoms with van der Waals surface area (Å²) in [5.74, 6) is 3.09. The number of aromatic nitrogens is 2. The van der Waals surface area contributed by atoms with E-state index < -0.39 is 0 Å². The topological polar surface area (TPSA) is 60.2 Å². The molecule has 0 spiro atoms. The van der Waals surface area contributed by atoms with Gasteiger partial charge in [-0.2, -0.15) is 4.98 Å². The summed E-state index contributed by atoms with van der Waals surface area (Å²) >= 11 is 0. The van der Waals surface area contributed by atoms with Gasteiger partial charge >= 0.3 is 0 Å². The van der Waals surface area contributed by atoms with Crippen molar-refractivity contribution in [2.24, 2.45) is 5.92 Å². The first-order valence-corrected chi connectivity index (χ1v) is 6.98. The van der Waals surface area contributed by atoms with E-state index in [1.807, 2.05) is 24.3 Å². The third-order valence-electron chi connectivity index (χ3n) is 3.44. The molecule has 6 heteroatoms. The molecule has 0 bridgehead atoms. The molecule has 5 nitrogen and oxygen atoms in total. The van der Waals surface area contributed by atoms with Crippen LogP contribution < -0.4 is 10.1 Å². The average molecular weight is 310 g/mol. The van der Waals surface area contributed by atoms with E-state index in [1.165, 1.54) is 12.8 Å². The van der Waals surface area contributed by atoms with Gasteiger partial charge in [0.25, 0.3) is 0 Å². The molecule has 0 atom stereocenters. The Kier molecular flexibility index (Phi) is 5.59. The van der Waals surface area contributed by atoms with Gasteiger partial charge < -0.3 is 14.6 Å². The minimum atomic E-state index is 0. The maximum absolute atomic E-state index is 5.24. The van der Waals surface area contributed by atoms with Crippen molar-refractivity contribution in [1.82, 2.24) is 15.5 Å². The number of hydrogen-bond donors (Lipinski definition) is 1. The smallest absolute Gasteiger partial charge is 0.240 e.